The molecule has 1 saturated carbocycles. The van der Waals surface area contributed by atoms with E-state index in [2.05, 4.69) is 24.4 Å². The van der Waals surface area contributed by atoms with Gasteiger partial charge in [-0.3, -0.25) is 19.2 Å². The van der Waals surface area contributed by atoms with E-state index in [1.54, 1.807) is 33.8 Å². The summed E-state index contributed by atoms with van der Waals surface area (Å²) in [6.45, 7) is 4.22. The Morgan fingerprint density at radius 2 is 1.77 bits per heavy atom. The number of carbonyl (C=O) groups excluding carboxylic acids is 2. The molecule has 2 heterocycles. The first-order chi connectivity index (χ1) is 16.9. The van der Waals surface area contributed by atoms with Crippen molar-refractivity contribution in [1.82, 2.24) is 15.1 Å². The molecule has 35 heavy (non-hydrogen) atoms. The van der Waals surface area contributed by atoms with Crippen molar-refractivity contribution < 1.29 is 9.59 Å². The number of aromatic nitrogens is 2. The smallest absolute Gasteiger partial charge is 0.277 e. The Kier molecular flexibility index (Phi) is 6.41. The fraction of sp³-hybridized carbons (Fsp3) is 0.393. The summed E-state index contributed by atoms with van der Waals surface area (Å²) in [5.41, 5.74) is 2.89. The number of halogens is 1. The van der Waals surface area contributed by atoms with Crippen molar-refractivity contribution in [2.45, 2.75) is 70.5 Å². The van der Waals surface area contributed by atoms with Gasteiger partial charge in [0.25, 0.3) is 5.91 Å². The molecular weight excluding hydrogens is 460 g/mol. The summed E-state index contributed by atoms with van der Waals surface area (Å²) in [4.78, 5) is 29.3. The standard InChI is InChI=1S/C28H31ClN4O2/c1-3-19-9-11-20(12-10-19)24-17-25-26(34)33(23-15-13-21(29)14-16-23)28(2,18-32(25)31-24)27(35)30-22-7-5-4-6-8-22/h9-17,22H,3-8,18H2,1-2H3,(H,30,35)/t28-/m0/s1. The van der Waals surface area contributed by atoms with Crippen LogP contribution in [0.15, 0.2) is 54.6 Å². The van der Waals surface area contributed by atoms with Crippen LogP contribution in [0.3, 0.4) is 0 Å². The van der Waals surface area contributed by atoms with Gasteiger partial charge in [-0.2, -0.15) is 5.10 Å². The highest BCUT2D eigenvalue weighted by Gasteiger charge is 2.49. The number of rotatable bonds is 5. The molecule has 1 aliphatic carbocycles. The van der Waals surface area contributed by atoms with Gasteiger partial charge in [0, 0.05) is 22.3 Å². The number of aryl methyl sites for hydroxylation is 1. The predicted octanol–water partition coefficient (Wildman–Crippen LogP) is 5.63. The number of nitrogens with one attached hydrogen (secondary N) is 1. The molecule has 5 rings (SSSR count). The van der Waals surface area contributed by atoms with Crippen molar-refractivity contribution in [1.29, 1.82) is 0 Å². The zero-order valence-electron chi connectivity index (χ0n) is 20.3. The molecule has 1 aromatic heterocycles. The molecule has 3 aromatic rings. The maximum absolute atomic E-state index is 13.9. The van der Waals surface area contributed by atoms with Crippen LogP contribution in [0.25, 0.3) is 11.3 Å². The molecule has 1 fully saturated rings. The summed E-state index contributed by atoms with van der Waals surface area (Å²) >= 11 is 6.13. The van der Waals surface area contributed by atoms with Gasteiger partial charge in [-0.25, -0.2) is 0 Å². The zero-order chi connectivity index (χ0) is 24.6. The lowest BCUT2D eigenvalue weighted by atomic mass is 9.91. The van der Waals surface area contributed by atoms with E-state index < -0.39 is 5.54 Å². The van der Waals surface area contributed by atoms with Crippen LogP contribution in [0.4, 0.5) is 5.69 Å². The molecule has 0 bridgehead atoms. The number of benzene rings is 2. The quantitative estimate of drug-likeness (QED) is 0.503. The van der Waals surface area contributed by atoms with Crippen molar-refractivity contribution in [3.8, 4) is 11.3 Å². The molecule has 6 nitrogen and oxygen atoms in total. The van der Waals surface area contributed by atoms with Crippen LogP contribution in [0, 0.1) is 0 Å². The molecule has 182 valence electrons. The van der Waals surface area contributed by atoms with E-state index >= 15 is 0 Å². The summed E-state index contributed by atoms with van der Waals surface area (Å²) in [6, 6.07) is 17.3. The van der Waals surface area contributed by atoms with Crippen LogP contribution in [-0.2, 0) is 17.8 Å². The number of carbonyl (C=O) groups is 2. The summed E-state index contributed by atoms with van der Waals surface area (Å²) in [5, 5.41) is 8.58. The SMILES string of the molecule is CCc1ccc(-c2cc3n(n2)C[C@@](C)(C(=O)NC2CCCCC2)N(c2ccc(Cl)cc2)C3=O)cc1. The lowest BCUT2D eigenvalue weighted by molar-refractivity contribution is -0.127. The molecule has 0 radical (unpaired) electrons. The van der Waals surface area contributed by atoms with E-state index in [1.165, 1.54) is 12.0 Å². The Morgan fingerprint density at radius 3 is 2.43 bits per heavy atom. The Bertz CT molecular complexity index is 1230. The van der Waals surface area contributed by atoms with Crippen LogP contribution < -0.4 is 10.2 Å². The molecular formula is C28H31ClN4O2. The Hall–Kier alpha value is -3.12. The minimum atomic E-state index is -1.13. The second kappa shape index (κ2) is 9.50. The first kappa shape index (κ1) is 23.6. The van der Waals surface area contributed by atoms with Gasteiger partial charge in [0.1, 0.15) is 11.2 Å². The number of hydrogen-bond acceptors (Lipinski definition) is 3. The van der Waals surface area contributed by atoms with Crippen molar-refractivity contribution in [2.75, 3.05) is 4.90 Å². The maximum Gasteiger partial charge on any atom is 0.277 e. The van der Waals surface area contributed by atoms with Gasteiger partial charge in [-0.05, 0) is 62.1 Å². The normalized spacial score (nSPS) is 20.5. The highest BCUT2D eigenvalue weighted by molar-refractivity contribution is 6.30. The minimum Gasteiger partial charge on any atom is -0.351 e. The van der Waals surface area contributed by atoms with Crippen molar-refractivity contribution in [3.05, 3.63) is 70.9 Å². The monoisotopic (exact) mass is 490 g/mol. The van der Waals surface area contributed by atoms with Gasteiger partial charge in [0.2, 0.25) is 5.91 Å². The van der Waals surface area contributed by atoms with Gasteiger partial charge in [0.15, 0.2) is 0 Å². The minimum absolute atomic E-state index is 0.141. The maximum atomic E-state index is 13.9. The number of amides is 2. The molecule has 0 spiro atoms. The molecule has 7 heteroatoms. The summed E-state index contributed by atoms with van der Waals surface area (Å²) < 4.78 is 1.69. The zero-order valence-corrected chi connectivity index (χ0v) is 21.0. The molecule has 1 N–H and O–H groups in total. The first-order valence-corrected chi connectivity index (χ1v) is 12.8. The average molecular weight is 491 g/mol. The number of fused-ring (bicyclic) bond motifs is 1. The average Bonchev–Trinajstić information content (AvgIpc) is 3.30. The molecule has 2 aromatic carbocycles. The van der Waals surface area contributed by atoms with Crippen LogP contribution >= 0.6 is 11.6 Å². The molecule has 1 atom stereocenters. The van der Waals surface area contributed by atoms with Crippen LogP contribution in [0.1, 0.15) is 62.0 Å². The number of anilines is 1. The van der Waals surface area contributed by atoms with Crippen LogP contribution in [0.5, 0.6) is 0 Å². The third-order valence-electron chi connectivity index (χ3n) is 7.33. The predicted molar refractivity (Wildman–Crippen MR) is 139 cm³/mol. The Morgan fingerprint density at radius 1 is 1.09 bits per heavy atom. The van der Waals surface area contributed by atoms with E-state index in [1.807, 2.05) is 25.1 Å². The topological polar surface area (TPSA) is 67.2 Å². The molecule has 2 aliphatic rings. The summed E-state index contributed by atoms with van der Waals surface area (Å²) in [5.74, 6) is -0.397. The van der Waals surface area contributed by atoms with Crippen LogP contribution in [0.2, 0.25) is 5.02 Å². The van der Waals surface area contributed by atoms with Gasteiger partial charge in [-0.15, -0.1) is 0 Å². The van der Waals surface area contributed by atoms with E-state index in [9.17, 15) is 9.59 Å². The Labute approximate surface area is 211 Å². The van der Waals surface area contributed by atoms with E-state index in [-0.39, 0.29) is 24.4 Å². The van der Waals surface area contributed by atoms with Crippen LogP contribution in [-0.4, -0.2) is 33.2 Å². The lowest BCUT2D eigenvalue weighted by Crippen LogP contribution is -2.65. The van der Waals surface area contributed by atoms with Gasteiger partial charge in [-0.1, -0.05) is 62.1 Å². The number of nitrogens with zero attached hydrogens (tertiary/aromatic N) is 3. The molecule has 0 saturated heterocycles. The third-order valence-corrected chi connectivity index (χ3v) is 7.58. The van der Waals surface area contributed by atoms with Crippen molar-refractivity contribution in [3.63, 3.8) is 0 Å². The summed E-state index contributed by atoms with van der Waals surface area (Å²) in [7, 11) is 0. The summed E-state index contributed by atoms with van der Waals surface area (Å²) in [6.07, 6.45) is 6.35. The number of hydrogen-bond donors (Lipinski definition) is 1. The second-order valence-electron chi connectivity index (χ2n) is 9.82. The van der Waals surface area contributed by atoms with Gasteiger partial charge < -0.3 is 5.32 Å². The first-order valence-electron chi connectivity index (χ1n) is 12.5. The second-order valence-corrected chi connectivity index (χ2v) is 10.3. The highest BCUT2D eigenvalue weighted by Crippen LogP contribution is 2.35. The van der Waals surface area contributed by atoms with Gasteiger partial charge in [0.05, 0.1) is 12.2 Å². The highest BCUT2D eigenvalue weighted by atomic mass is 35.5. The van der Waals surface area contributed by atoms with Gasteiger partial charge >= 0.3 is 0 Å². The fourth-order valence-corrected chi connectivity index (χ4v) is 5.34. The molecule has 0 unspecified atom stereocenters. The lowest BCUT2D eigenvalue weighted by Gasteiger charge is -2.44. The van der Waals surface area contributed by atoms with Crippen molar-refractivity contribution in [2.24, 2.45) is 0 Å². The van der Waals surface area contributed by atoms with Crippen molar-refractivity contribution >= 4 is 29.1 Å². The molecule has 2 amide bonds. The van der Waals surface area contributed by atoms with E-state index in [4.69, 9.17) is 16.7 Å². The third kappa shape index (κ3) is 4.47. The fourth-order valence-electron chi connectivity index (χ4n) is 5.22. The largest absolute Gasteiger partial charge is 0.351 e. The molecule has 1 aliphatic heterocycles. The van der Waals surface area contributed by atoms with E-state index in [0.717, 1.165) is 43.4 Å². The Balaban J connectivity index is 1.54. The van der Waals surface area contributed by atoms with E-state index in [0.29, 0.717) is 16.4 Å².